The lowest BCUT2D eigenvalue weighted by atomic mass is 9.90. The first-order chi connectivity index (χ1) is 16.5. The molecule has 0 radical (unpaired) electrons. The van der Waals surface area contributed by atoms with Crippen molar-refractivity contribution < 1.29 is 19.4 Å². The van der Waals surface area contributed by atoms with Gasteiger partial charge >= 0.3 is 5.97 Å². The molecule has 2 aliphatic rings. The average Bonchev–Trinajstić information content (AvgIpc) is 2.86. The molecule has 1 fully saturated rings. The van der Waals surface area contributed by atoms with Gasteiger partial charge in [-0.1, -0.05) is 25.1 Å². The number of carbonyl (C=O) groups is 2. The molecule has 1 unspecified atom stereocenters. The van der Waals surface area contributed by atoms with E-state index < -0.39 is 5.97 Å². The second-order valence-corrected chi connectivity index (χ2v) is 8.72. The van der Waals surface area contributed by atoms with Crippen LogP contribution < -0.4 is 4.90 Å². The molecule has 0 aliphatic carbocycles. The Morgan fingerprint density at radius 1 is 1.15 bits per heavy atom. The largest absolute Gasteiger partial charge is 0.480 e. The van der Waals surface area contributed by atoms with Crippen LogP contribution in [0.5, 0.6) is 0 Å². The Morgan fingerprint density at radius 3 is 2.56 bits per heavy atom. The minimum atomic E-state index is -0.816. The first-order valence-electron chi connectivity index (χ1n) is 11.8. The van der Waals surface area contributed by atoms with Gasteiger partial charge < -0.3 is 14.7 Å². The Labute approximate surface area is 200 Å². The molecule has 8 nitrogen and oxygen atoms in total. The van der Waals surface area contributed by atoms with Crippen LogP contribution in [0.2, 0.25) is 0 Å². The van der Waals surface area contributed by atoms with Gasteiger partial charge in [0, 0.05) is 30.9 Å². The van der Waals surface area contributed by atoms with E-state index in [2.05, 4.69) is 18.1 Å². The Morgan fingerprint density at radius 2 is 1.88 bits per heavy atom. The van der Waals surface area contributed by atoms with Crippen molar-refractivity contribution in [3.8, 4) is 0 Å². The average molecular weight is 465 g/mol. The maximum absolute atomic E-state index is 13.2. The van der Waals surface area contributed by atoms with Crippen LogP contribution in [0, 0.1) is 0 Å². The number of carboxylic acids is 1. The third-order valence-corrected chi connectivity index (χ3v) is 6.53. The molecule has 4 rings (SSSR count). The molecule has 2 aromatic rings. The fourth-order valence-electron chi connectivity index (χ4n) is 4.63. The predicted molar refractivity (Wildman–Crippen MR) is 132 cm³/mol. The molecule has 180 valence electrons. The molecule has 2 heterocycles. The van der Waals surface area contributed by atoms with Crippen LogP contribution in [0.15, 0.2) is 47.6 Å². The SMILES string of the molecule is CCC1c2cc(N(C)C(=O)c3ccc(C=NN4CCOCC4)cc3)ccc2CCN1CC(=O)O. The van der Waals surface area contributed by atoms with Gasteiger partial charge in [-0.05, 0) is 53.8 Å². The molecule has 34 heavy (non-hydrogen) atoms. The van der Waals surface area contributed by atoms with Gasteiger partial charge in [0.1, 0.15) is 0 Å². The van der Waals surface area contributed by atoms with Gasteiger partial charge in [0.05, 0.1) is 39.1 Å². The van der Waals surface area contributed by atoms with Crippen molar-refractivity contribution in [1.29, 1.82) is 0 Å². The normalized spacial score (nSPS) is 18.6. The summed E-state index contributed by atoms with van der Waals surface area (Å²) in [6, 6.07) is 13.6. The Hall–Kier alpha value is -3.23. The number of carbonyl (C=O) groups excluding carboxylic acids is 1. The van der Waals surface area contributed by atoms with Crippen LogP contribution in [0.1, 0.15) is 46.4 Å². The molecule has 0 spiro atoms. The number of hydrazone groups is 1. The third kappa shape index (κ3) is 5.46. The number of hydrogen-bond donors (Lipinski definition) is 1. The maximum Gasteiger partial charge on any atom is 0.317 e. The van der Waals surface area contributed by atoms with Crippen LogP contribution in [0.25, 0.3) is 0 Å². The lowest BCUT2D eigenvalue weighted by Crippen LogP contribution is -2.39. The monoisotopic (exact) mass is 464 g/mol. The fraction of sp³-hybridized carbons (Fsp3) is 0.423. The number of rotatable bonds is 7. The van der Waals surface area contributed by atoms with Crippen molar-refractivity contribution in [2.75, 3.05) is 51.3 Å². The summed E-state index contributed by atoms with van der Waals surface area (Å²) >= 11 is 0. The van der Waals surface area contributed by atoms with Gasteiger partial charge in [-0.2, -0.15) is 5.10 Å². The lowest BCUT2D eigenvalue weighted by Gasteiger charge is -2.36. The van der Waals surface area contributed by atoms with Gasteiger partial charge in [0.2, 0.25) is 0 Å². The summed E-state index contributed by atoms with van der Waals surface area (Å²) in [5.74, 6) is -0.911. The van der Waals surface area contributed by atoms with E-state index in [1.807, 2.05) is 46.3 Å². The van der Waals surface area contributed by atoms with Crippen LogP contribution >= 0.6 is 0 Å². The molecule has 0 bridgehead atoms. The third-order valence-electron chi connectivity index (χ3n) is 6.53. The smallest absolute Gasteiger partial charge is 0.317 e. The van der Waals surface area contributed by atoms with Gasteiger partial charge in [-0.3, -0.25) is 19.5 Å². The predicted octanol–water partition coefficient (Wildman–Crippen LogP) is 3.02. The molecule has 1 N–H and O–H groups in total. The summed E-state index contributed by atoms with van der Waals surface area (Å²) in [5, 5.41) is 15.7. The van der Waals surface area contributed by atoms with E-state index in [0.29, 0.717) is 18.8 Å². The first-order valence-corrected chi connectivity index (χ1v) is 11.8. The topological polar surface area (TPSA) is 85.7 Å². The Balaban J connectivity index is 1.47. The molecule has 2 aliphatic heterocycles. The summed E-state index contributed by atoms with van der Waals surface area (Å²) in [6.07, 6.45) is 3.43. The van der Waals surface area contributed by atoms with E-state index in [1.54, 1.807) is 18.2 Å². The number of morpholine rings is 1. The van der Waals surface area contributed by atoms with E-state index in [0.717, 1.165) is 49.3 Å². The molecular weight excluding hydrogens is 432 g/mol. The van der Waals surface area contributed by atoms with Gasteiger partial charge in [-0.15, -0.1) is 0 Å². The summed E-state index contributed by atoms with van der Waals surface area (Å²) in [6.45, 7) is 5.77. The molecule has 1 atom stereocenters. The second kappa shape index (κ2) is 10.8. The van der Waals surface area contributed by atoms with Crippen LogP contribution in [0.3, 0.4) is 0 Å². The molecule has 1 amide bonds. The molecule has 2 aromatic carbocycles. The van der Waals surface area contributed by atoms with Gasteiger partial charge in [0.15, 0.2) is 0 Å². The number of anilines is 1. The number of carboxylic acid groups (broad SMARTS) is 1. The van der Waals surface area contributed by atoms with E-state index >= 15 is 0 Å². The number of benzene rings is 2. The van der Waals surface area contributed by atoms with Crippen molar-refractivity contribution >= 4 is 23.8 Å². The number of ether oxygens (including phenoxy) is 1. The highest BCUT2D eigenvalue weighted by Crippen LogP contribution is 2.34. The van der Waals surface area contributed by atoms with E-state index in [1.165, 1.54) is 5.56 Å². The number of hydrogen-bond acceptors (Lipinski definition) is 6. The van der Waals surface area contributed by atoms with Crippen molar-refractivity contribution in [2.45, 2.75) is 25.8 Å². The number of fused-ring (bicyclic) bond motifs is 1. The minimum Gasteiger partial charge on any atom is -0.480 e. The number of amides is 1. The highest BCUT2D eigenvalue weighted by Gasteiger charge is 2.28. The van der Waals surface area contributed by atoms with E-state index in [4.69, 9.17) is 4.74 Å². The summed E-state index contributed by atoms with van der Waals surface area (Å²) in [7, 11) is 1.77. The minimum absolute atomic E-state index is 0.0259. The van der Waals surface area contributed by atoms with Crippen LogP contribution in [-0.4, -0.2) is 79.5 Å². The zero-order chi connectivity index (χ0) is 24.1. The second-order valence-electron chi connectivity index (χ2n) is 8.72. The lowest BCUT2D eigenvalue weighted by molar-refractivity contribution is -0.139. The quantitative estimate of drug-likeness (QED) is 0.634. The molecular formula is C26H32N4O4. The summed E-state index contributed by atoms with van der Waals surface area (Å²) < 4.78 is 5.33. The highest BCUT2D eigenvalue weighted by atomic mass is 16.5. The zero-order valence-electron chi connectivity index (χ0n) is 19.8. The standard InChI is InChI=1S/C26H32N4O4/c1-3-24-23-16-22(9-8-20(23)10-11-29(24)18-25(31)32)28(2)26(33)21-6-4-19(5-7-21)17-27-30-12-14-34-15-13-30/h4-9,16-17,24H,3,10-15,18H2,1-2H3,(H,31,32). The molecule has 0 saturated carbocycles. The van der Waals surface area contributed by atoms with Crippen LogP contribution in [0.4, 0.5) is 5.69 Å². The fourth-order valence-corrected chi connectivity index (χ4v) is 4.63. The number of aliphatic carboxylic acids is 1. The van der Waals surface area contributed by atoms with Gasteiger partial charge in [-0.25, -0.2) is 0 Å². The summed E-state index contributed by atoms with van der Waals surface area (Å²) in [5.41, 5.74) is 4.67. The molecule has 8 heteroatoms. The highest BCUT2D eigenvalue weighted by molar-refractivity contribution is 6.06. The molecule has 1 saturated heterocycles. The van der Waals surface area contributed by atoms with Crippen molar-refractivity contribution in [3.63, 3.8) is 0 Å². The van der Waals surface area contributed by atoms with Crippen molar-refractivity contribution in [3.05, 3.63) is 64.7 Å². The first kappa shape index (κ1) is 23.9. The summed E-state index contributed by atoms with van der Waals surface area (Å²) in [4.78, 5) is 28.1. The Kier molecular flexibility index (Phi) is 7.59. The van der Waals surface area contributed by atoms with E-state index in [-0.39, 0.29) is 18.5 Å². The zero-order valence-corrected chi connectivity index (χ0v) is 19.8. The number of nitrogens with zero attached hydrogens (tertiary/aromatic N) is 4. The van der Waals surface area contributed by atoms with Crippen LogP contribution in [-0.2, 0) is 16.0 Å². The van der Waals surface area contributed by atoms with Crippen molar-refractivity contribution in [2.24, 2.45) is 5.10 Å². The van der Waals surface area contributed by atoms with Gasteiger partial charge in [0.25, 0.3) is 5.91 Å². The molecule has 0 aromatic heterocycles. The van der Waals surface area contributed by atoms with E-state index in [9.17, 15) is 14.7 Å². The van der Waals surface area contributed by atoms with Crippen molar-refractivity contribution in [1.82, 2.24) is 9.91 Å². The maximum atomic E-state index is 13.2. The Bertz CT molecular complexity index is 1050.